The first-order valence-corrected chi connectivity index (χ1v) is 7.55. The lowest BCUT2D eigenvalue weighted by molar-refractivity contribution is 0.101. The molecule has 0 spiro atoms. The molecular formula is C18H24O2. The van der Waals surface area contributed by atoms with Gasteiger partial charge in [0.25, 0.3) is 0 Å². The lowest BCUT2D eigenvalue weighted by Crippen LogP contribution is -2.28. The third kappa shape index (κ3) is 4.28. The van der Waals surface area contributed by atoms with Crippen LogP contribution in [0.3, 0.4) is 0 Å². The van der Waals surface area contributed by atoms with Crippen LogP contribution < -0.4 is 4.74 Å². The maximum Gasteiger partial charge on any atom is 0.120 e. The van der Waals surface area contributed by atoms with E-state index in [0.29, 0.717) is 12.5 Å². The second-order valence-corrected chi connectivity index (χ2v) is 5.81. The summed E-state index contributed by atoms with van der Waals surface area (Å²) in [5, 5.41) is 8.73. The predicted molar refractivity (Wildman–Crippen MR) is 81.6 cm³/mol. The lowest BCUT2D eigenvalue weighted by Gasteiger charge is -2.32. The van der Waals surface area contributed by atoms with Crippen LogP contribution in [0.4, 0.5) is 0 Å². The smallest absolute Gasteiger partial charge is 0.120 e. The van der Waals surface area contributed by atoms with Gasteiger partial charge < -0.3 is 9.84 Å². The van der Waals surface area contributed by atoms with Crippen molar-refractivity contribution in [2.75, 3.05) is 6.61 Å². The van der Waals surface area contributed by atoms with Gasteiger partial charge in [-0.25, -0.2) is 0 Å². The van der Waals surface area contributed by atoms with Gasteiger partial charge >= 0.3 is 0 Å². The molecule has 2 nitrogen and oxygen atoms in total. The molecule has 2 heteroatoms. The average molecular weight is 272 g/mol. The van der Waals surface area contributed by atoms with Crippen molar-refractivity contribution >= 4 is 0 Å². The first-order chi connectivity index (χ1) is 9.69. The highest BCUT2D eigenvalue weighted by atomic mass is 16.5. The van der Waals surface area contributed by atoms with E-state index in [4.69, 9.17) is 9.84 Å². The molecule has 1 fully saturated rings. The first kappa shape index (κ1) is 14.9. The standard InChI is InChI=1S/C18H24O2/c1-14-9-10-18(12-15(14)2)20-17-8-5-7-16(13-17)6-3-4-11-19/h5,7-8,13-15,18-19H,4,9-12H2,1-2H3. The first-order valence-electron chi connectivity index (χ1n) is 7.55. The summed E-state index contributed by atoms with van der Waals surface area (Å²) in [6.07, 6.45) is 4.39. The van der Waals surface area contributed by atoms with Crippen molar-refractivity contribution in [3.05, 3.63) is 29.8 Å². The minimum Gasteiger partial charge on any atom is -0.490 e. The molecule has 1 N–H and O–H groups in total. The Kier molecular flexibility index (Phi) is 5.49. The zero-order valence-electron chi connectivity index (χ0n) is 12.4. The normalized spacial score (nSPS) is 25.6. The summed E-state index contributed by atoms with van der Waals surface area (Å²) >= 11 is 0. The molecule has 0 bridgehead atoms. The van der Waals surface area contributed by atoms with E-state index in [1.165, 1.54) is 6.42 Å². The number of benzene rings is 1. The van der Waals surface area contributed by atoms with E-state index in [9.17, 15) is 0 Å². The number of hydrogen-bond donors (Lipinski definition) is 1. The Morgan fingerprint density at radius 2 is 2.10 bits per heavy atom. The van der Waals surface area contributed by atoms with Gasteiger partial charge in [-0.05, 0) is 49.3 Å². The zero-order valence-corrected chi connectivity index (χ0v) is 12.4. The average Bonchev–Trinajstić information content (AvgIpc) is 2.44. The van der Waals surface area contributed by atoms with Gasteiger partial charge in [-0.1, -0.05) is 31.8 Å². The quantitative estimate of drug-likeness (QED) is 0.852. The van der Waals surface area contributed by atoms with Crippen LogP contribution in [-0.4, -0.2) is 17.8 Å². The van der Waals surface area contributed by atoms with Gasteiger partial charge in [0, 0.05) is 12.0 Å². The fourth-order valence-corrected chi connectivity index (χ4v) is 2.67. The summed E-state index contributed by atoms with van der Waals surface area (Å²) in [4.78, 5) is 0. The Morgan fingerprint density at radius 1 is 1.25 bits per heavy atom. The van der Waals surface area contributed by atoms with Crippen molar-refractivity contribution in [1.82, 2.24) is 0 Å². The van der Waals surface area contributed by atoms with Gasteiger partial charge in [0.2, 0.25) is 0 Å². The van der Waals surface area contributed by atoms with Crippen LogP contribution >= 0.6 is 0 Å². The molecule has 3 unspecified atom stereocenters. The summed E-state index contributed by atoms with van der Waals surface area (Å²) in [5.41, 5.74) is 0.952. The Bertz CT molecular complexity index is 484. The molecule has 0 radical (unpaired) electrons. The Balaban J connectivity index is 1.96. The molecule has 3 atom stereocenters. The van der Waals surface area contributed by atoms with Crippen molar-refractivity contribution < 1.29 is 9.84 Å². The predicted octanol–water partition coefficient (Wildman–Crippen LogP) is 3.62. The molecule has 1 saturated carbocycles. The number of aliphatic hydroxyl groups is 1. The van der Waals surface area contributed by atoms with E-state index in [0.717, 1.165) is 36.0 Å². The highest BCUT2D eigenvalue weighted by Gasteiger charge is 2.25. The third-order valence-corrected chi connectivity index (χ3v) is 4.16. The van der Waals surface area contributed by atoms with Crippen LogP contribution in [0, 0.1) is 23.7 Å². The molecule has 108 valence electrons. The number of hydrogen-bond acceptors (Lipinski definition) is 2. The second-order valence-electron chi connectivity index (χ2n) is 5.81. The van der Waals surface area contributed by atoms with Crippen molar-refractivity contribution in [2.45, 2.75) is 45.6 Å². The lowest BCUT2D eigenvalue weighted by atomic mass is 9.80. The fourth-order valence-electron chi connectivity index (χ4n) is 2.67. The van der Waals surface area contributed by atoms with Gasteiger partial charge in [-0.2, -0.15) is 0 Å². The zero-order chi connectivity index (χ0) is 14.4. The van der Waals surface area contributed by atoms with Crippen molar-refractivity contribution in [3.63, 3.8) is 0 Å². The molecule has 1 aromatic carbocycles. The van der Waals surface area contributed by atoms with E-state index in [-0.39, 0.29) is 6.61 Å². The Hall–Kier alpha value is -1.46. The molecule has 1 aliphatic carbocycles. The monoisotopic (exact) mass is 272 g/mol. The molecule has 2 rings (SSSR count). The Morgan fingerprint density at radius 3 is 2.85 bits per heavy atom. The van der Waals surface area contributed by atoms with Crippen LogP contribution in [0.2, 0.25) is 0 Å². The van der Waals surface area contributed by atoms with Gasteiger partial charge in [0.1, 0.15) is 5.75 Å². The molecule has 1 aliphatic rings. The van der Waals surface area contributed by atoms with Gasteiger partial charge in [0.15, 0.2) is 0 Å². The molecular weight excluding hydrogens is 248 g/mol. The van der Waals surface area contributed by atoms with Crippen molar-refractivity contribution in [2.24, 2.45) is 11.8 Å². The number of aliphatic hydroxyl groups excluding tert-OH is 1. The van der Waals surface area contributed by atoms with Gasteiger partial charge in [-0.15, -0.1) is 0 Å². The maximum atomic E-state index is 8.73. The van der Waals surface area contributed by atoms with E-state index >= 15 is 0 Å². The van der Waals surface area contributed by atoms with Crippen LogP contribution in [0.5, 0.6) is 5.75 Å². The minimum atomic E-state index is 0.112. The van der Waals surface area contributed by atoms with E-state index < -0.39 is 0 Å². The molecule has 0 saturated heterocycles. The van der Waals surface area contributed by atoms with Crippen LogP contribution in [0.1, 0.15) is 45.1 Å². The Labute approximate surface area is 122 Å². The summed E-state index contributed by atoms with van der Waals surface area (Å²) in [7, 11) is 0. The minimum absolute atomic E-state index is 0.112. The summed E-state index contributed by atoms with van der Waals surface area (Å²) in [5.74, 6) is 8.45. The topological polar surface area (TPSA) is 29.5 Å². The molecule has 0 amide bonds. The summed E-state index contributed by atoms with van der Waals surface area (Å²) < 4.78 is 6.10. The van der Waals surface area contributed by atoms with E-state index in [1.807, 2.05) is 24.3 Å². The van der Waals surface area contributed by atoms with Gasteiger partial charge in [-0.3, -0.25) is 0 Å². The number of ether oxygens (including phenoxy) is 1. The third-order valence-electron chi connectivity index (χ3n) is 4.16. The van der Waals surface area contributed by atoms with Crippen LogP contribution in [-0.2, 0) is 0 Å². The summed E-state index contributed by atoms with van der Waals surface area (Å²) in [6.45, 7) is 4.76. The molecule has 20 heavy (non-hydrogen) atoms. The molecule has 1 aromatic rings. The largest absolute Gasteiger partial charge is 0.490 e. The van der Waals surface area contributed by atoms with Gasteiger partial charge in [0.05, 0.1) is 12.7 Å². The van der Waals surface area contributed by atoms with Crippen molar-refractivity contribution in [1.29, 1.82) is 0 Å². The second kappa shape index (κ2) is 7.36. The molecule has 0 heterocycles. The van der Waals surface area contributed by atoms with E-state index in [1.54, 1.807) is 0 Å². The highest BCUT2D eigenvalue weighted by molar-refractivity contribution is 5.39. The summed E-state index contributed by atoms with van der Waals surface area (Å²) in [6, 6.07) is 7.95. The maximum absolute atomic E-state index is 8.73. The SMILES string of the molecule is CC1CCC(Oc2cccc(C#CCCO)c2)CC1C. The van der Waals surface area contributed by atoms with Crippen molar-refractivity contribution in [3.8, 4) is 17.6 Å². The van der Waals surface area contributed by atoms with Crippen LogP contribution in [0.15, 0.2) is 24.3 Å². The van der Waals surface area contributed by atoms with E-state index in [2.05, 4.69) is 25.7 Å². The number of rotatable bonds is 3. The fraction of sp³-hybridized carbons (Fsp3) is 0.556. The molecule has 0 aromatic heterocycles. The highest BCUT2D eigenvalue weighted by Crippen LogP contribution is 2.31. The van der Waals surface area contributed by atoms with Crippen LogP contribution in [0.25, 0.3) is 0 Å². The molecule has 0 aliphatic heterocycles.